The number of aryl methyl sites for hydroxylation is 2. The Morgan fingerprint density at radius 3 is 3.18 bits per heavy atom. The minimum atomic E-state index is 0.0637. The second kappa shape index (κ2) is 4.23. The molecule has 90 valence electrons. The van der Waals surface area contributed by atoms with E-state index in [9.17, 15) is 0 Å². The largest absolute Gasteiger partial charge is 0.333 e. The smallest absolute Gasteiger partial charge is 0.268 e. The zero-order chi connectivity index (χ0) is 11.8. The maximum atomic E-state index is 5.71. The van der Waals surface area contributed by atoms with E-state index in [2.05, 4.69) is 16.2 Å². The zero-order valence-electron chi connectivity index (χ0n) is 9.77. The summed E-state index contributed by atoms with van der Waals surface area (Å²) in [6.45, 7) is 1.94. The molecule has 0 aliphatic heterocycles. The Balaban J connectivity index is 1.85. The molecule has 1 unspecified atom stereocenters. The fourth-order valence-electron chi connectivity index (χ4n) is 2.16. The van der Waals surface area contributed by atoms with E-state index in [1.807, 2.05) is 6.92 Å². The monoisotopic (exact) mass is 249 g/mol. The first-order valence-electron chi connectivity index (χ1n) is 5.92. The first kappa shape index (κ1) is 10.9. The van der Waals surface area contributed by atoms with Gasteiger partial charge in [-0.25, -0.2) is 0 Å². The van der Waals surface area contributed by atoms with Gasteiger partial charge in [-0.3, -0.25) is 0 Å². The van der Waals surface area contributed by atoms with Gasteiger partial charge in [-0.1, -0.05) is 5.16 Å². The molecule has 0 spiro atoms. The Hall–Kier alpha value is -1.20. The van der Waals surface area contributed by atoms with Crippen molar-refractivity contribution in [3.8, 4) is 10.8 Å². The number of rotatable bonds is 3. The lowest BCUT2D eigenvalue weighted by atomic mass is 10.2. The molecule has 0 aromatic carbocycles. The number of aromatic nitrogens is 2. The van der Waals surface area contributed by atoms with Crippen molar-refractivity contribution in [2.24, 2.45) is 5.73 Å². The number of fused-ring (bicyclic) bond motifs is 1. The molecule has 2 heterocycles. The van der Waals surface area contributed by atoms with Gasteiger partial charge in [-0.2, -0.15) is 4.98 Å². The van der Waals surface area contributed by atoms with Gasteiger partial charge in [-0.05, 0) is 37.8 Å². The van der Waals surface area contributed by atoms with Crippen LogP contribution in [0.1, 0.15) is 29.6 Å². The summed E-state index contributed by atoms with van der Waals surface area (Å²) in [5.41, 5.74) is 7.17. The van der Waals surface area contributed by atoms with Gasteiger partial charge in [0.2, 0.25) is 0 Å². The van der Waals surface area contributed by atoms with E-state index in [0.29, 0.717) is 18.1 Å². The molecule has 0 bridgehead atoms. The van der Waals surface area contributed by atoms with Crippen molar-refractivity contribution in [1.82, 2.24) is 10.1 Å². The van der Waals surface area contributed by atoms with Crippen LogP contribution in [0.4, 0.5) is 0 Å². The minimum absolute atomic E-state index is 0.0637. The summed E-state index contributed by atoms with van der Waals surface area (Å²) in [6, 6.07) is 2.25. The number of hydrogen-bond acceptors (Lipinski definition) is 5. The Kier molecular flexibility index (Phi) is 2.72. The van der Waals surface area contributed by atoms with Crippen LogP contribution in [0, 0.1) is 0 Å². The zero-order valence-corrected chi connectivity index (χ0v) is 10.6. The fraction of sp³-hybridized carbons (Fsp3) is 0.500. The van der Waals surface area contributed by atoms with Gasteiger partial charge >= 0.3 is 0 Å². The Labute approximate surface area is 104 Å². The van der Waals surface area contributed by atoms with Crippen LogP contribution in [0.15, 0.2) is 10.6 Å². The molecular formula is C12H15N3OS. The molecule has 0 radical (unpaired) electrons. The Bertz CT molecular complexity index is 508. The summed E-state index contributed by atoms with van der Waals surface area (Å²) in [7, 11) is 0. The molecule has 0 fully saturated rings. The van der Waals surface area contributed by atoms with E-state index >= 15 is 0 Å². The molecule has 2 N–H and O–H groups in total. The van der Waals surface area contributed by atoms with E-state index in [1.54, 1.807) is 11.3 Å². The van der Waals surface area contributed by atoms with Gasteiger partial charge in [0.05, 0.1) is 4.88 Å². The van der Waals surface area contributed by atoms with Crippen LogP contribution in [0.3, 0.4) is 0 Å². The molecule has 0 amide bonds. The molecule has 0 saturated heterocycles. The van der Waals surface area contributed by atoms with Crippen LogP contribution >= 0.6 is 11.3 Å². The van der Waals surface area contributed by atoms with E-state index < -0.39 is 0 Å². The highest BCUT2D eigenvalue weighted by molar-refractivity contribution is 7.15. The van der Waals surface area contributed by atoms with Crippen molar-refractivity contribution < 1.29 is 4.52 Å². The molecule has 5 heteroatoms. The van der Waals surface area contributed by atoms with Crippen molar-refractivity contribution in [2.75, 3.05) is 0 Å². The average molecular weight is 249 g/mol. The predicted octanol–water partition coefficient (Wildman–Crippen LogP) is 2.18. The number of nitrogens with zero attached hydrogens (tertiary/aromatic N) is 2. The molecule has 1 aliphatic carbocycles. The summed E-state index contributed by atoms with van der Waals surface area (Å²) >= 11 is 1.78. The molecule has 1 aliphatic rings. The molecule has 2 aromatic rings. The molecule has 3 rings (SSSR count). The summed E-state index contributed by atoms with van der Waals surface area (Å²) in [6.07, 6.45) is 4.32. The highest BCUT2D eigenvalue weighted by Crippen LogP contribution is 2.35. The number of thiophene rings is 1. The summed E-state index contributed by atoms with van der Waals surface area (Å²) in [5.74, 6) is 1.34. The molecule has 0 saturated carbocycles. The van der Waals surface area contributed by atoms with Crippen LogP contribution in [-0.2, 0) is 19.3 Å². The van der Waals surface area contributed by atoms with Crippen molar-refractivity contribution >= 4 is 11.3 Å². The van der Waals surface area contributed by atoms with Gasteiger partial charge in [0.15, 0.2) is 5.82 Å². The van der Waals surface area contributed by atoms with Crippen LogP contribution in [0.2, 0.25) is 0 Å². The normalized spacial score (nSPS) is 16.1. The first-order valence-corrected chi connectivity index (χ1v) is 6.74. The Morgan fingerprint density at radius 1 is 1.53 bits per heavy atom. The van der Waals surface area contributed by atoms with Crippen molar-refractivity contribution in [3.05, 3.63) is 22.3 Å². The van der Waals surface area contributed by atoms with Gasteiger partial charge in [0, 0.05) is 17.3 Å². The standard InChI is InChI=1S/C12H15N3OS/c1-7(13)5-11-14-12(16-15-11)10-6-8-3-2-4-9(8)17-10/h6-7H,2-5,13H2,1H3. The lowest BCUT2D eigenvalue weighted by molar-refractivity contribution is 0.421. The van der Waals surface area contributed by atoms with Gasteiger partial charge in [0.25, 0.3) is 5.89 Å². The fourth-order valence-corrected chi connectivity index (χ4v) is 3.33. The Morgan fingerprint density at radius 2 is 2.41 bits per heavy atom. The highest BCUT2D eigenvalue weighted by atomic mass is 32.1. The van der Waals surface area contributed by atoms with Crippen molar-refractivity contribution in [1.29, 1.82) is 0 Å². The minimum Gasteiger partial charge on any atom is -0.333 e. The quantitative estimate of drug-likeness (QED) is 0.905. The van der Waals surface area contributed by atoms with Gasteiger partial charge in [-0.15, -0.1) is 11.3 Å². The molecular weight excluding hydrogens is 234 g/mol. The average Bonchev–Trinajstić information content (AvgIpc) is 2.87. The third-order valence-corrected chi connectivity index (χ3v) is 4.16. The summed E-state index contributed by atoms with van der Waals surface area (Å²) in [4.78, 5) is 6.96. The second-order valence-electron chi connectivity index (χ2n) is 4.61. The van der Waals surface area contributed by atoms with Gasteiger partial charge < -0.3 is 10.3 Å². The number of nitrogens with two attached hydrogens (primary N) is 1. The number of hydrogen-bond donors (Lipinski definition) is 1. The second-order valence-corrected chi connectivity index (χ2v) is 5.75. The maximum absolute atomic E-state index is 5.71. The van der Waals surface area contributed by atoms with Crippen LogP contribution in [0.25, 0.3) is 10.8 Å². The topological polar surface area (TPSA) is 64.9 Å². The van der Waals surface area contributed by atoms with E-state index in [1.165, 1.54) is 29.7 Å². The van der Waals surface area contributed by atoms with Crippen molar-refractivity contribution in [2.45, 2.75) is 38.6 Å². The summed E-state index contributed by atoms with van der Waals surface area (Å²) < 4.78 is 5.28. The first-order chi connectivity index (χ1) is 8.22. The van der Waals surface area contributed by atoms with Crippen molar-refractivity contribution in [3.63, 3.8) is 0 Å². The van der Waals surface area contributed by atoms with Crippen LogP contribution in [-0.4, -0.2) is 16.2 Å². The maximum Gasteiger partial charge on any atom is 0.268 e. The summed E-state index contributed by atoms with van der Waals surface area (Å²) in [5, 5.41) is 3.96. The van der Waals surface area contributed by atoms with Crippen LogP contribution < -0.4 is 5.73 Å². The third kappa shape index (κ3) is 2.12. The van der Waals surface area contributed by atoms with E-state index in [0.717, 1.165) is 4.88 Å². The molecule has 17 heavy (non-hydrogen) atoms. The predicted molar refractivity (Wildman–Crippen MR) is 67.0 cm³/mol. The van der Waals surface area contributed by atoms with Gasteiger partial charge in [0.1, 0.15) is 0 Å². The van der Waals surface area contributed by atoms with Crippen LogP contribution in [0.5, 0.6) is 0 Å². The lowest BCUT2D eigenvalue weighted by Gasteiger charge is -1.96. The van der Waals surface area contributed by atoms with E-state index in [4.69, 9.17) is 10.3 Å². The molecule has 4 nitrogen and oxygen atoms in total. The highest BCUT2D eigenvalue weighted by Gasteiger charge is 2.19. The van der Waals surface area contributed by atoms with E-state index in [-0.39, 0.29) is 6.04 Å². The SMILES string of the molecule is CC(N)Cc1noc(-c2cc3c(s2)CCC3)n1. The lowest BCUT2D eigenvalue weighted by Crippen LogP contribution is -2.18. The molecule has 2 aromatic heterocycles. The molecule has 1 atom stereocenters. The third-order valence-electron chi connectivity index (χ3n) is 2.93.